The van der Waals surface area contributed by atoms with E-state index in [4.69, 9.17) is 4.74 Å². The van der Waals surface area contributed by atoms with E-state index in [0.29, 0.717) is 24.5 Å². The predicted molar refractivity (Wildman–Crippen MR) is 102 cm³/mol. The minimum atomic E-state index is -3.26. The van der Waals surface area contributed by atoms with E-state index in [1.165, 1.54) is 12.7 Å². The first-order valence-corrected chi connectivity index (χ1v) is 11.4. The smallest absolute Gasteiger partial charge is 0.242 e. The molecule has 2 heterocycles. The molecule has 0 radical (unpaired) electrons. The Balaban J connectivity index is 1.61. The lowest BCUT2D eigenvalue weighted by Gasteiger charge is -2.42. The number of hydrogen-bond acceptors (Lipinski definition) is 5. The van der Waals surface area contributed by atoms with Crippen LogP contribution in [-0.2, 0) is 31.7 Å². The molecule has 1 amide bonds. The molecule has 2 aliphatic rings. The number of aromatic nitrogens is 2. The largest absolute Gasteiger partial charge is 0.379 e. The van der Waals surface area contributed by atoms with Crippen LogP contribution in [0.4, 0.5) is 0 Å². The van der Waals surface area contributed by atoms with Crippen molar-refractivity contribution in [2.45, 2.75) is 31.6 Å². The van der Waals surface area contributed by atoms with Crippen molar-refractivity contribution >= 4 is 26.8 Å². The quantitative estimate of drug-likeness (QED) is 0.791. The molecule has 0 atom stereocenters. The summed E-state index contributed by atoms with van der Waals surface area (Å²) in [6.45, 7) is 2.68. The van der Waals surface area contributed by atoms with Crippen molar-refractivity contribution in [1.29, 1.82) is 0 Å². The van der Waals surface area contributed by atoms with Gasteiger partial charge in [-0.15, -0.1) is 0 Å². The Hall–Kier alpha value is -1.93. The number of amides is 1. The average Bonchev–Trinajstić information content (AvgIpc) is 2.77. The van der Waals surface area contributed by atoms with Gasteiger partial charge in [0.2, 0.25) is 5.91 Å². The summed E-state index contributed by atoms with van der Waals surface area (Å²) in [6, 6.07) is 7.45. The highest BCUT2D eigenvalue weighted by Crippen LogP contribution is 2.42. The summed E-state index contributed by atoms with van der Waals surface area (Å²) in [6.07, 6.45) is 4.58. The van der Waals surface area contributed by atoms with Crippen LogP contribution >= 0.6 is 0 Å². The molecule has 7 nitrogen and oxygen atoms in total. The van der Waals surface area contributed by atoms with E-state index in [9.17, 15) is 13.2 Å². The van der Waals surface area contributed by atoms with Gasteiger partial charge in [0, 0.05) is 24.8 Å². The summed E-state index contributed by atoms with van der Waals surface area (Å²) in [5.41, 5.74) is 1.60. The van der Waals surface area contributed by atoms with Gasteiger partial charge < -0.3 is 14.2 Å². The molecule has 146 valence electrons. The first-order valence-electron chi connectivity index (χ1n) is 9.33. The molecule has 27 heavy (non-hydrogen) atoms. The zero-order valence-electron chi connectivity index (χ0n) is 15.6. The highest BCUT2D eigenvalue weighted by Gasteiger charge is 2.41. The second-order valence-corrected chi connectivity index (χ2v) is 10.0. The molecule has 1 saturated carbocycles. The summed E-state index contributed by atoms with van der Waals surface area (Å²) in [5, 5.41) is 0. The van der Waals surface area contributed by atoms with Crippen molar-refractivity contribution in [1.82, 2.24) is 14.5 Å². The van der Waals surface area contributed by atoms with Crippen molar-refractivity contribution in [3.05, 3.63) is 30.1 Å². The van der Waals surface area contributed by atoms with E-state index >= 15 is 0 Å². The van der Waals surface area contributed by atoms with Gasteiger partial charge >= 0.3 is 0 Å². The number of fused-ring (bicyclic) bond motifs is 1. The van der Waals surface area contributed by atoms with Gasteiger partial charge in [0.25, 0.3) is 0 Å². The molecule has 1 aliphatic heterocycles. The maximum Gasteiger partial charge on any atom is 0.242 e. The number of sulfone groups is 1. The zero-order chi connectivity index (χ0) is 19.1. The minimum Gasteiger partial charge on any atom is -0.379 e. The zero-order valence-corrected chi connectivity index (χ0v) is 16.4. The number of rotatable bonds is 4. The van der Waals surface area contributed by atoms with Gasteiger partial charge in [-0.1, -0.05) is 18.6 Å². The number of imidazole rings is 1. The summed E-state index contributed by atoms with van der Waals surface area (Å²) in [4.78, 5) is 19.4. The number of benzene rings is 1. The molecule has 0 N–H and O–H groups in total. The molecular formula is C19H25N3O4S. The van der Waals surface area contributed by atoms with Crippen LogP contribution in [0.15, 0.2) is 24.3 Å². The highest BCUT2D eigenvalue weighted by atomic mass is 32.2. The molecular weight excluding hydrogens is 366 g/mol. The fourth-order valence-corrected chi connectivity index (χ4v) is 4.76. The third-order valence-electron chi connectivity index (χ3n) is 5.63. The molecule has 1 aliphatic carbocycles. The van der Waals surface area contributed by atoms with Gasteiger partial charge in [-0.3, -0.25) is 4.79 Å². The first-order chi connectivity index (χ1) is 12.9. The number of carbonyl (C=O) groups is 1. The van der Waals surface area contributed by atoms with Crippen LogP contribution in [0.2, 0.25) is 0 Å². The Morgan fingerprint density at radius 2 is 2.07 bits per heavy atom. The normalized spacial score (nSPS) is 19.8. The van der Waals surface area contributed by atoms with E-state index in [2.05, 4.69) is 4.98 Å². The van der Waals surface area contributed by atoms with E-state index in [-0.39, 0.29) is 23.6 Å². The second-order valence-electron chi connectivity index (χ2n) is 7.89. The highest BCUT2D eigenvalue weighted by molar-refractivity contribution is 7.89. The first kappa shape index (κ1) is 18.4. The van der Waals surface area contributed by atoms with Crippen LogP contribution in [0.5, 0.6) is 0 Å². The topological polar surface area (TPSA) is 81.5 Å². The third kappa shape index (κ3) is 3.87. The molecule has 2 aromatic rings. The van der Waals surface area contributed by atoms with Crippen molar-refractivity contribution in [3.63, 3.8) is 0 Å². The van der Waals surface area contributed by atoms with Gasteiger partial charge in [-0.25, -0.2) is 13.4 Å². The van der Waals surface area contributed by atoms with Crippen LogP contribution in [0.25, 0.3) is 11.0 Å². The average molecular weight is 391 g/mol. The van der Waals surface area contributed by atoms with Gasteiger partial charge in [-0.05, 0) is 25.0 Å². The number of ether oxygens (including phenoxy) is 1. The fourth-order valence-electron chi connectivity index (χ4n) is 4.07. The van der Waals surface area contributed by atoms with E-state index in [1.54, 1.807) is 4.57 Å². The molecule has 1 saturated heterocycles. The lowest BCUT2D eigenvalue weighted by atomic mass is 9.69. The maximum atomic E-state index is 13.1. The van der Waals surface area contributed by atoms with Gasteiger partial charge in [0.1, 0.15) is 18.1 Å². The molecule has 0 bridgehead atoms. The Morgan fingerprint density at radius 1 is 1.30 bits per heavy atom. The second kappa shape index (κ2) is 6.91. The molecule has 1 aromatic carbocycles. The summed E-state index contributed by atoms with van der Waals surface area (Å²) in [7, 11) is -3.26. The standard InChI is InChI=1S/C19H25N3O4S/c1-27(24,25)12-17-20-15-5-2-3-6-16(15)22(17)11-18(23)21-9-10-26-14-19(13-21)7-4-8-19/h2-3,5-6H,4,7-14H2,1H3. The SMILES string of the molecule is CS(=O)(=O)Cc1nc2ccccc2n1CC(=O)N1CCOCC2(CCC2)C1. The summed E-state index contributed by atoms with van der Waals surface area (Å²) >= 11 is 0. The predicted octanol–water partition coefficient (Wildman–Crippen LogP) is 1.61. The lowest BCUT2D eigenvalue weighted by Crippen LogP contribution is -2.46. The minimum absolute atomic E-state index is 0.00956. The van der Waals surface area contributed by atoms with Crippen LogP contribution in [-0.4, -0.2) is 61.3 Å². The number of hydrogen-bond donors (Lipinski definition) is 0. The van der Waals surface area contributed by atoms with Crippen LogP contribution in [0, 0.1) is 5.41 Å². The third-order valence-corrected chi connectivity index (χ3v) is 6.41. The Morgan fingerprint density at radius 3 is 2.78 bits per heavy atom. The Bertz CT molecular complexity index is 962. The van der Waals surface area contributed by atoms with E-state index in [0.717, 1.165) is 31.5 Å². The van der Waals surface area contributed by atoms with Gasteiger partial charge in [-0.2, -0.15) is 0 Å². The van der Waals surface area contributed by atoms with Crippen molar-refractivity contribution < 1.29 is 17.9 Å². The summed E-state index contributed by atoms with van der Waals surface area (Å²) < 4.78 is 31.1. The molecule has 8 heteroatoms. The van der Waals surface area contributed by atoms with Crippen molar-refractivity contribution in [2.24, 2.45) is 5.41 Å². The number of para-hydroxylation sites is 2. The molecule has 0 unspecified atom stereocenters. The van der Waals surface area contributed by atoms with Crippen LogP contribution in [0.1, 0.15) is 25.1 Å². The van der Waals surface area contributed by atoms with Gasteiger partial charge in [0.05, 0.1) is 24.2 Å². The molecule has 1 spiro atoms. The molecule has 1 aromatic heterocycles. The van der Waals surface area contributed by atoms with Crippen molar-refractivity contribution in [3.8, 4) is 0 Å². The Kier molecular flexibility index (Phi) is 4.71. The lowest BCUT2D eigenvalue weighted by molar-refractivity contribution is -0.133. The fraction of sp³-hybridized carbons (Fsp3) is 0.579. The molecule has 2 fully saturated rings. The van der Waals surface area contributed by atoms with E-state index < -0.39 is 9.84 Å². The van der Waals surface area contributed by atoms with Crippen molar-refractivity contribution in [2.75, 3.05) is 32.6 Å². The monoisotopic (exact) mass is 391 g/mol. The number of nitrogens with zero attached hydrogens (tertiary/aromatic N) is 3. The molecule has 4 rings (SSSR count). The maximum absolute atomic E-state index is 13.1. The van der Waals surface area contributed by atoms with Gasteiger partial charge in [0.15, 0.2) is 9.84 Å². The Labute approximate surface area is 159 Å². The van der Waals surface area contributed by atoms with E-state index in [1.807, 2.05) is 29.2 Å². The summed E-state index contributed by atoms with van der Waals surface area (Å²) in [5.74, 6) is 0.225. The van der Waals surface area contributed by atoms with Crippen LogP contribution < -0.4 is 0 Å². The number of carbonyl (C=O) groups excluding carboxylic acids is 1. The van der Waals surface area contributed by atoms with Crippen LogP contribution in [0.3, 0.4) is 0 Å².